The van der Waals surface area contributed by atoms with Crippen LogP contribution in [-0.2, 0) is 11.8 Å². The Bertz CT molecular complexity index is 765. The summed E-state index contributed by atoms with van der Waals surface area (Å²) in [5.74, 6) is 0.0363. The number of aromatic nitrogens is 1. The highest BCUT2D eigenvalue weighted by molar-refractivity contribution is 6.31. The van der Waals surface area contributed by atoms with Crippen LogP contribution < -0.4 is 11.1 Å². The van der Waals surface area contributed by atoms with E-state index in [1.165, 1.54) is 0 Å². The van der Waals surface area contributed by atoms with Gasteiger partial charge in [-0.3, -0.25) is 4.79 Å². The van der Waals surface area contributed by atoms with Crippen LogP contribution in [0.4, 0.5) is 0 Å². The van der Waals surface area contributed by atoms with Crippen molar-refractivity contribution in [3.05, 3.63) is 52.0 Å². The van der Waals surface area contributed by atoms with Gasteiger partial charge in [-0.1, -0.05) is 18.2 Å². The molecule has 1 aromatic rings. The number of H-pyrrole nitrogens is 1. The summed E-state index contributed by atoms with van der Waals surface area (Å²) in [4.78, 5) is 15.9. The summed E-state index contributed by atoms with van der Waals surface area (Å²) in [5, 5.41) is 3.51. The fourth-order valence-electron chi connectivity index (χ4n) is 3.72. The van der Waals surface area contributed by atoms with Gasteiger partial charge in [0, 0.05) is 28.3 Å². The van der Waals surface area contributed by atoms with E-state index >= 15 is 0 Å². The monoisotopic (exact) mass is 315 g/mol. The van der Waals surface area contributed by atoms with Gasteiger partial charge in [0.25, 0.3) is 5.91 Å². The van der Waals surface area contributed by atoms with Crippen molar-refractivity contribution in [3.63, 3.8) is 0 Å². The van der Waals surface area contributed by atoms with Crippen LogP contribution in [0.15, 0.2) is 29.5 Å². The van der Waals surface area contributed by atoms with Crippen LogP contribution in [0.1, 0.15) is 46.6 Å². The van der Waals surface area contributed by atoms with Crippen molar-refractivity contribution in [1.82, 2.24) is 10.3 Å². The summed E-state index contributed by atoms with van der Waals surface area (Å²) in [6.07, 6.45) is 7.34. The second-order valence-corrected chi connectivity index (χ2v) is 6.87. The molecule has 0 atom stereocenters. The van der Waals surface area contributed by atoms with E-state index in [9.17, 15) is 4.79 Å². The lowest BCUT2D eigenvalue weighted by molar-refractivity contribution is 0.0936. The normalized spacial score (nSPS) is 25.0. The molecule has 4 nitrogen and oxygen atoms in total. The molecular weight excluding hydrogens is 298 g/mol. The number of carbonyl (C=O) groups excluding carboxylic acids is 1. The standard InChI is InChI=1S/C17H18ClN3O/c1-9(18)6-12-10(7-19)2-3-11-13-15(21-14(11)12)17(4-5-17)8-20-16(13)22/h6-7,21H,1-5,8,19H2,(H,20,22)/b10-7-,12-6+. The van der Waals surface area contributed by atoms with Gasteiger partial charge in [0.15, 0.2) is 0 Å². The number of carbonyl (C=O) groups is 1. The quantitative estimate of drug-likeness (QED) is 0.745. The number of hydrogen-bond donors (Lipinski definition) is 3. The third-order valence-electron chi connectivity index (χ3n) is 5.06. The SMILES string of the molecule is C=C(Cl)/C=C1\C(=C/N)CCc2c1[nH]c1c2C(=O)NCC12CC2. The van der Waals surface area contributed by atoms with E-state index in [0.29, 0.717) is 5.03 Å². The van der Waals surface area contributed by atoms with Crippen molar-refractivity contribution in [1.29, 1.82) is 0 Å². The Morgan fingerprint density at radius 1 is 1.36 bits per heavy atom. The van der Waals surface area contributed by atoms with Gasteiger partial charge in [-0.25, -0.2) is 0 Å². The van der Waals surface area contributed by atoms with Crippen LogP contribution in [0, 0.1) is 0 Å². The highest BCUT2D eigenvalue weighted by atomic mass is 35.5. The third-order valence-corrected chi connectivity index (χ3v) is 5.17. The molecule has 1 amide bonds. The van der Waals surface area contributed by atoms with Crippen LogP contribution >= 0.6 is 11.6 Å². The number of rotatable bonds is 1. The summed E-state index contributed by atoms with van der Waals surface area (Å²) in [5.41, 5.74) is 11.9. The molecule has 1 fully saturated rings. The number of aromatic amines is 1. The molecule has 0 aromatic carbocycles. The zero-order chi connectivity index (χ0) is 15.5. The molecule has 4 rings (SSSR count). The van der Waals surface area contributed by atoms with E-state index in [2.05, 4.69) is 16.9 Å². The van der Waals surface area contributed by atoms with Crippen LogP contribution in [0.5, 0.6) is 0 Å². The van der Waals surface area contributed by atoms with Crippen molar-refractivity contribution in [2.75, 3.05) is 6.54 Å². The molecule has 0 bridgehead atoms. The van der Waals surface area contributed by atoms with E-state index in [1.54, 1.807) is 6.20 Å². The first-order chi connectivity index (χ1) is 10.6. The molecule has 1 saturated carbocycles. The minimum atomic E-state index is 0.0363. The molecule has 22 heavy (non-hydrogen) atoms. The highest BCUT2D eigenvalue weighted by Crippen LogP contribution is 2.52. The molecule has 2 heterocycles. The van der Waals surface area contributed by atoms with Gasteiger partial charge in [-0.15, -0.1) is 0 Å². The summed E-state index contributed by atoms with van der Waals surface area (Å²) >= 11 is 5.99. The van der Waals surface area contributed by atoms with E-state index in [4.69, 9.17) is 17.3 Å². The Labute approximate surface area is 134 Å². The summed E-state index contributed by atoms with van der Waals surface area (Å²) in [6, 6.07) is 0. The predicted molar refractivity (Wildman–Crippen MR) is 87.6 cm³/mol. The Morgan fingerprint density at radius 3 is 2.77 bits per heavy atom. The van der Waals surface area contributed by atoms with Crippen LogP contribution in [0.3, 0.4) is 0 Å². The van der Waals surface area contributed by atoms with E-state index < -0.39 is 0 Å². The Morgan fingerprint density at radius 2 is 2.14 bits per heavy atom. The summed E-state index contributed by atoms with van der Waals surface area (Å²) < 4.78 is 0. The number of hydrogen-bond acceptors (Lipinski definition) is 2. The van der Waals surface area contributed by atoms with Gasteiger partial charge in [0.05, 0.1) is 11.3 Å². The zero-order valence-electron chi connectivity index (χ0n) is 12.3. The molecule has 2 aliphatic carbocycles. The molecule has 0 saturated heterocycles. The van der Waals surface area contributed by atoms with Crippen molar-refractivity contribution >= 4 is 23.1 Å². The second kappa shape index (κ2) is 4.53. The average molecular weight is 316 g/mol. The van der Waals surface area contributed by atoms with Crippen molar-refractivity contribution < 1.29 is 4.79 Å². The van der Waals surface area contributed by atoms with Crippen molar-refractivity contribution in [3.8, 4) is 0 Å². The first kappa shape index (κ1) is 13.7. The number of nitrogens with one attached hydrogen (secondary N) is 2. The molecular formula is C17H18ClN3O. The maximum atomic E-state index is 12.4. The smallest absolute Gasteiger partial charge is 0.253 e. The Hall–Kier alpha value is -1.94. The maximum Gasteiger partial charge on any atom is 0.253 e. The molecule has 4 N–H and O–H groups in total. The molecule has 1 aliphatic heterocycles. The topological polar surface area (TPSA) is 70.9 Å². The van der Waals surface area contributed by atoms with Gasteiger partial charge in [-0.2, -0.15) is 0 Å². The second-order valence-electron chi connectivity index (χ2n) is 6.39. The molecule has 0 unspecified atom stereocenters. The Balaban J connectivity index is 1.95. The first-order valence-electron chi connectivity index (χ1n) is 7.57. The van der Waals surface area contributed by atoms with Crippen molar-refractivity contribution in [2.45, 2.75) is 31.1 Å². The lowest BCUT2D eigenvalue weighted by atomic mass is 9.84. The molecule has 3 aliphatic rings. The molecule has 1 spiro atoms. The Kier molecular flexibility index (Phi) is 2.82. The van der Waals surface area contributed by atoms with Gasteiger partial charge in [-0.05, 0) is 49.1 Å². The summed E-state index contributed by atoms with van der Waals surface area (Å²) in [6.45, 7) is 4.49. The van der Waals surface area contributed by atoms with Gasteiger partial charge < -0.3 is 16.0 Å². The average Bonchev–Trinajstić information content (AvgIpc) is 3.15. The van der Waals surface area contributed by atoms with E-state index in [1.807, 2.05) is 6.08 Å². The minimum absolute atomic E-state index is 0.0363. The first-order valence-corrected chi connectivity index (χ1v) is 7.95. The van der Waals surface area contributed by atoms with Crippen LogP contribution in [0.2, 0.25) is 0 Å². The number of nitrogens with two attached hydrogens (primary N) is 1. The zero-order valence-corrected chi connectivity index (χ0v) is 13.0. The van der Waals surface area contributed by atoms with Gasteiger partial charge in [0.1, 0.15) is 0 Å². The molecule has 0 radical (unpaired) electrons. The fraction of sp³-hybridized carbons (Fsp3) is 0.353. The predicted octanol–water partition coefficient (Wildman–Crippen LogP) is 2.71. The van der Waals surface area contributed by atoms with Gasteiger partial charge >= 0.3 is 0 Å². The number of fused-ring (bicyclic) bond motifs is 4. The highest BCUT2D eigenvalue weighted by Gasteiger charge is 2.51. The molecule has 114 valence electrons. The number of halogens is 1. The van der Waals surface area contributed by atoms with Gasteiger partial charge in [0.2, 0.25) is 0 Å². The number of amides is 1. The minimum Gasteiger partial charge on any atom is -0.404 e. The summed E-state index contributed by atoms with van der Waals surface area (Å²) in [7, 11) is 0. The molecule has 5 heteroatoms. The fourth-order valence-corrected chi connectivity index (χ4v) is 3.83. The lowest BCUT2D eigenvalue weighted by Crippen LogP contribution is -2.39. The van der Waals surface area contributed by atoms with E-state index in [0.717, 1.165) is 65.9 Å². The third kappa shape index (κ3) is 1.80. The van der Waals surface area contributed by atoms with E-state index in [-0.39, 0.29) is 11.3 Å². The number of allylic oxidation sites excluding steroid dienone is 4. The maximum absolute atomic E-state index is 12.4. The molecule has 1 aromatic heterocycles. The van der Waals surface area contributed by atoms with Crippen LogP contribution in [0.25, 0.3) is 5.57 Å². The largest absolute Gasteiger partial charge is 0.404 e. The van der Waals surface area contributed by atoms with Crippen molar-refractivity contribution in [2.24, 2.45) is 5.73 Å². The van der Waals surface area contributed by atoms with Crippen LogP contribution in [-0.4, -0.2) is 17.4 Å². The lowest BCUT2D eigenvalue weighted by Gasteiger charge is -2.23.